The van der Waals surface area contributed by atoms with Crippen molar-refractivity contribution in [3.05, 3.63) is 76.4 Å². The van der Waals surface area contributed by atoms with Crippen LogP contribution in [0, 0.1) is 0 Å². The van der Waals surface area contributed by atoms with Crippen LogP contribution in [0.4, 0.5) is 5.69 Å². The number of aromatic hydroxyl groups is 2. The summed E-state index contributed by atoms with van der Waals surface area (Å²) < 4.78 is 22.6. The van der Waals surface area contributed by atoms with Gasteiger partial charge >= 0.3 is 5.97 Å². The molecule has 1 saturated heterocycles. The first-order valence-corrected chi connectivity index (χ1v) is 20.2. The van der Waals surface area contributed by atoms with E-state index in [0.29, 0.717) is 93.7 Å². The van der Waals surface area contributed by atoms with Crippen molar-refractivity contribution in [2.45, 2.75) is 102 Å². The van der Waals surface area contributed by atoms with Crippen molar-refractivity contribution < 1.29 is 48.3 Å². The number of carbonyl (C=O) groups is 4. The van der Waals surface area contributed by atoms with Gasteiger partial charge in [0, 0.05) is 55.6 Å². The molecule has 1 fully saturated rings. The second-order valence-electron chi connectivity index (χ2n) is 15.4. The van der Waals surface area contributed by atoms with Gasteiger partial charge in [-0.05, 0) is 99.2 Å². The van der Waals surface area contributed by atoms with E-state index in [1.165, 1.54) is 27.4 Å². The Bertz CT molecular complexity index is 2000. The number of Topliss-reactive ketones (excluding diaryl/α,β-unsaturated/α-hetero) is 1. The third-order valence-corrected chi connectivity index (χ3v) is 11.5. The molecule has 6 rings (SSSR count). The largest absolute Gasteiger partial charge is 0.507 e. The van der Waals surface area contributed by atoms with Crippen LogP contribution in [-0.4, -0.2) is 91.3 Å². The lowest BCUT2D eigenvalue weighted by molar-refractivity contribution is -0.124. The van der Waals surface area contributed by atoms with Crippen molar-refractivity contribution in [3.63, 3.8) is 0 Å². The van der Waals surface area contributed by atoms with Gasteiger partial charge in [0.05, 0.1) is 33.5 Å². The molecule has 3 unspecified atom stereocenters. The van der Waals surface area contributed by atoms with E-state index in [-0.39, 0.29) is 58.5 Å². The van der Waals surface area contributed by atoms with E-state index in [0.717, 1.165) is 17.7 Å². The first kappa shape index (κ1) is 42.1. The summed E-state index contributed by atoms with van der Waals surface area (Å²) in [7, 11) is 4.40. The smallest absolute Gasteiger partial charge is 0.342 e. The first-order chi connectivity index (χ1) is 28.0. The second kappa shape index (κ2) is 19.3. The Balaban J connectivity index is 1.29. The SMILES string of the molecule is COc1cc(C(CC(=O)NC2CCN(C3CCc4ccccc4NC3=O)CC2)c2c(O)cc3c(c2O)C(=O)OC(C)CCCC(=O)CCCC=C3)cc(OC)c1OC. The van der Waals surface area contributed by atoms with Crippen LogP contribution in [0.15, 0.2) is 48.5 Å². The summed E-state index contributed by atoms with van der Waals surface area (Å²) in [5, 5.41) is 30.1. The zero-order valence-electron chi connectivity index (χ0n) is 33.8. The molecule has 13 nitrogen and oxygen atoms in total. The number of esters is 1. The number of nitrogens with zero attached hydrogens (tertiary/aromatic N) is 1. The molecular weight excluding hydrogens is 743 g/mol. The van der Waals surface area contributed by atoms with Gasteiger partial charge in [-0.3, -0.25) is 19.3 Å². The summed E-state index contributed by atoms with van der Waals surface area (Å²) in [6.07, 6.45) is 8.42. The number of para-hydroxylation sites is 1. The molecule has 3 aromatic rings. The normalized spacial score (nSPS) is 20.3. The molecule has 3 heterocycles. The molecule has 4 N–H and O–H groups in total. The topological polar surface area (TPSA) is 173 Å². The van der Waals surface area contributed by atoms with Gasteiger partial charge in [-0.1, -0.05) is 30.4 Å². The van der Waals surface area contributed by atoms with Crippen molar-refractivity contribution in [3.8, 4) is 28.7 Å². The number of ketones is 1. The summed E-state index contributed by atoms with van der Waals surface area (Å²) in [5.41, 5.74) is 2.49. The van der Waals surface area contributed by atoms with Crippen molar-refractivity contribution >= 4 is 35.3 Å². The first-order valence-electron chi connectivity index (χ1n) is 20.2. The number of benzene rings is 3. The molecule has 0 spiro atoms. The van der Waals surface area contributed by atoms with Gasteiger partial charge in [-0.2, -0.15) is 0 Å². The minimum absolute atomic E-state index is 0.0230. The minimum Gasteiger partial charge on any atom is -0.507 e. The molecule has 0 saturated carbocycles. The van der Waals surface area contributed by atoms with Crippen LogP contribution in [-0.2, 0) is 25.5 Å². The average Bonchev–Trinajstić information content (AvgIpc) is 3.37. The van der Waals surface area contributed by atoms with Gasteiger partial charge in [0.2, 0.25) is 17.6 Å². The number of carbonyl (C=O) groups excluding carboxylic acids is 4. The van der Waals surface area contributed by atoms with Crippen LogP contribution in [0.1, 0.15) is 110 Å². The fourth-order valence-corrected chi connectivity index (χ4v) is 8.38. The van der Waals surface area contributed by atoms with Crippen LogP contribution in [0.3, 0.4) is 0 Å². The third kappa shape index (κ3) is 9.75. The maximum atomic E-state index is 14.1. The van der Waals surface area contributed by atoms with Gasteiger partial charge in [0.15, 0.2) is 11.5 Å². The molecule has 2 amide bonds. The van der Waals surface area contributed by atoms with Gasteiger partial charge < -0.3 is 39.8 Å². The number of anilines is 1. The predicted octanol–water partition coefficient (Wildman–Crippen LogP) is 6.66. The minimum atomic E-state index is -0.997. The molecule has 13 heteroatoms. The van der Waals surface area contributed by atoms with Crippen LogP contribution >= 0.6 is 0 Å². The van der Waals surface area contributed by atoms with E-state index in [9.17, 15) is 29.4 Å². The van der Waals surface area contributed by atoms with Crippen molar-refractivity contribution in [2.24, 2.45) is 0 Å². The quantitative estimate of drug-likeness (QED) is 0.171. The molecule has 3 aromatic carbocycles. The summed E-state index contributed by atoms with van der Waals surface area (Å²) in [6.45, 7) is 2.97. The number of cyclic esters (lactones) is 1. The molecule has 0 radical (unpaired) electrons. The number of rotatable bonds is 9. The summed E-state index contributed by atoms with van der Waals surface area (Å²) >= 11 is 0. The van der Waals surface area contributed by atoms with Gasteiger partial charge in [0.25, 0.3) is 0 Å². The number of hydrogen-bond acceptors (Lipinski definition) is 11. The second-order valence-corrected chi connectivity index (χ2v) is 15.4. The average molecular weight is 798 g/mol. The molecule has 3 aliphatic heterocycles. The van der Waals surface area contributed by atoms with Gasteiger partial charge in [-0.25, -0.2) is 4.79 Å². The Labute approximate surface area is 339 Å². The maximum absolute atomic E-state index is 14.1. The number of ether oxygens (including phenoxy) is 4. The number of nitrogens with one attached hydrogen (secondary N) is 2. The van der Waals surface area contributed by atoms with E-state index in [1.54, 1.807) is 31.2 Å². The molecule has 3 aliphatic rings. The van der Waals surface area contributed by atoms with Crippen LogP contribution in [0.5, 0.6) is 28.7 Å². The van der Waals surface area contributed by atoms with E-state index >= 15 is 0 Å². The Hall–Kier alpha value is -5.56. The Morgan fingerprint density at radius 3 is 2.34 bits per heavy atom. The number of phenolic OH excluding ortho intramolecular Hbond substituents is 2. The number of aryl methyl sites for hydroxylation is 1. The van der Waals surface area contributed by atoms with Crippen LogP contribution in [0.25, 0.3) is 6.08 Å². The van der Waals surface area contributed by atoms with E-state index < -0.39 is 23.7 Å². The number of allylic oxidation sites excluding steroid dienone is 1. The lowest BCUT2D eigenvalue weighted by atomic mass is 9.84. The van der Waals surface area contributed by atoms with Gasteiger partial charge in [-0.15, -0.1) is 0 Å². The van der Waals surface area contributed by atoms with Crippen molar-refractivity contribution in [1.29, 1.82) is 0 Å². The highest BCUT2D eigenvalue weighted by Gasteiger charge is 2.35. The molecule has 310 valence electrons. The molecule has 3 atom stereocenters. The number of methoxy groups -OCH3 is 3. The summed E-state index contributed by atoms with van der Waals surface area (Å²) in [4.78, 5) is 55.7. The maximum Gasteiger partial charge on any atom is 0.342 e. The Kier molecular flexibility index (Phi) is 14.0. The fourth-order valence-electron chi connectivity index (χ4n) is 8.38. The van der Waals surface area contributed by atoms with Crippen LogP contribution in [0.2, 0.25) is 0 Å². The highest BCUT2D eigenvalue weighted by molar-refractivity contribution is 5.98. The van der Waals surface area contributed by atoms with E-state index in [2.05, 4.69) is 15.5 Å². The number of phenols is 2. The number of hydrogen-bond donors (Lipinski definition) is 4. The van der Waals surface area contributed by atoms with E-state index in [4.69, 9.17) is 18.9 Å². The summed E-state index contributed by atoms with van der Waals surface area (Å²) in [6, 6.07) is 12.1. The zero-order valence-corrected chi connectivity index (χ0v) is 33.8. The molecule has 58 heavy (non-hydrogen) atoms. The Morgan fingerprint density at radius 1 is 0.931 bits per heavy atom. The van der Waals surface area contributed by atoms with Crippen LogP contribution < -0.4 is 24.8 Å². The van der Waals surface area contributed by atoms with E-state index in [1.807, 2.05) is 24.3 Å². The standard InChI is InChI=1S/C45H55N3O10/c1-27-11-10-15-32(49)14-7-5-6-13-29-23-36(50)41(42(52)40(29)45(54)58-27)33(30-24-37(55-2)43(57-4)38(25-30)56-3)26-39(51)46-31-19-21-48(22-20-31)35-18-17-28-12-8-9-16-34(28)47-44(35)53/h6,8-9,12-13,16,23-25,27,31,33,35,50,52H,5,7,10-11,14-15,17-22,26H2,1-4H3,(H,46,51)(H,47,53). The molecule has 0 bridgehead atoms. The zero-order chi connectivity index (χ0) is 41.3. The summed E-state index contributed by atoms with van der Waals surface area (Å²) in [5.74, 6) is -1.92. The highest BCUT2D eigenvalue weighted by Crippen LogP contribution is 2.48. The number of likely N-dealkylation sites (tertiary alicyclic amines) is 1. The van der Waals surface area contributed by atoms with Gasteiger partial charge in [0.1, 0.15) is 22.8 Å². The Morgan fingerprint density at radius 2 is 1.64 bits per heavy atom. The highest BCUT2D eigenvalue weighted by atomic mass is 16.5. The lowest BCUT2D eigenvalue weighted by Gasteiger charge is -2.36. The fraction of sp³-hybridized carbons (Fsp3) is 0.467. The number of amides is 2. The monoisotopic (exact) mass is 797 g/mol. The third-order valence-electron chi connectivity index (χ3n) is 11.5. The number of piperidine rings is 1. The molecular formula is C45H55N3O10. The lowest BCUT2D eigenvalue weighted by Crippen LogP contribution is -2.51. The van der Waals surface area contributed by atoms with Crippen molar-refractivity contribution in [1.82, 2.24) is 10.2 Å². The molecule has 0 aromatic heterocycles. The number of fused-ring (bicyclic) bond motifs is 2. The van der Waals surface area contributed by atoms with Crippen molar-refractivity contribution in [2.75, 3.05) is 39.7 Å². The molecule has 0 aliphatic carbocycles. The predicted molar refractivity (Wildman–Crippen MR) is 219 cm³/mol.